The molecule has 2 rings (SSSR count). The van der Waals surface area contributed by atoms with Crippen LogP contribution in [0.5, 0.6) is 5.75 Å². The lowest BCUT2D eigenvalue weighted by Crippen LogP contribution is -2.09. The molecule has 0 saturated heterocycles. The number of imidazole rings is 1. The molecule has 96 valence electrons. The topological polar surface area (TPSA) is 53.1 Å². The molecule has 0 saturated carbocycles. The third-order valence-corrected chi connectivity index (χ3v) is 2.76. The first-order chi connectivity index (χ1) is 8.58. The van der Waals surface area contributed by atoms with Crippen LogP contribution in [0.25, 0.3) is 0 Å². The molecule has 4 nitrogen and oxygen atoms in total. The predicted octanol–water partition coefficient (Wildman–Crippen LogP) is 2.16. The van der Waals surface area contributed by atoms with Crippen molar-refractivity contribution in [2.24, 2.45) is 12.8 Å². The number of nitrogens with two attached hydrogens (primary N) is 1. The van der Waals surface area contributed by atoms with Gasteiger partial charge in [-0.2, -0.15) is 0 Å². The number of aromatic nitrogens is 2. The smallest absolute Gasteiger partial charge is 0.130 e. The molecule has 1 aromatic heterocycles. The van der Waals surface area contributed by atoms with Crippen LogP contribution in [0.3, 0.4) is 0 Å². The van der Waals surface area contributed by atoms with Crippen LogP contribution >= 0.6 is 0 Å². The fourth-order valence-electron chi connectivity index (χ4n) is 1.68. The molecule has 5 heteroatoms. The molecule has 0 amide bonds. The molecule has 0 aliphatic heterocycles. The molecule has 0 unspecified atom stereocenters. The van der Waals surface area contributed by atoms with Crippen molar-refractivity contribution in [3.8, 4) is 5.75 Å². The Balaban J connectivity index is 2.18. The number of benzene rings is 1. The molecule has 0 aliphatic carbocycles. The molecule has 2 aromatic rings. The van der Waals surface area contributed by atoms with Gasteiger partial charge in [0.15, 0.2) is 0 Å². The summed E-state index contributed by atoms with van der Waals surface area (Å²) in [6, 6.07) is 4.19. The van der Waals surface area contributed by atoms with Gasteiger partial charge in [-0.05, 0) is 13.0 Å². The van der Waals surface area contributed by atoms with Gasteiger partial charge in [0.25, 0.3) is 0 Å². The van der Waals surface area contributed by atoms with Gasteiger partial charge in [-0.1, -0.05) is 6.07 Å². The standard InChI is InChI=1S/C13H16FN3O/c1-9(15)12-4-3-10(14)5-13(12)18-7-11-6-16-8-17(11)2/h3-6,8-9H,7,15H2,1-2H3/t9-/m1/s1. The van der Waals surface area contributed by atoms with E-state index in [1.54, 1.807) is 18.6 Å². The van der Waals surface area contributed by atoms with Crippen LogP contribution in [0.2, 0.25) is 0 Å². The fraction of sp³-hybridized carbons (Fsp3) is 0.308. The zero-order valence-corrected chi connectivity index (χ0v) is 10.4. The normalized spacial score (nSPS) is 12.4. The maximum atomic E-state index is 13.2. The summed E-state index contributed by atoms with van der Waals surface area (Å²) in [5.41, 5.74) is 7.53. The minimum Gasteiger partial charge on any atom is -0.487 e. The largest absolute Gasteiger partial charge is 0.487 e. The first-order valence-corrected chi connectivity index (χ1v) is 5.71. The van der Waals surface area contributed by atoms with Gasteiger partial charge in [0, 0.05) is 24.7 Å². The molecule has 18 heavy (non-hydrogen) atoms. The van der Waals surface area contributed by atoms with E-state index in [9.17, 15) is 4.39 Å². The third kappa shape index (κ3) is 2.68. The van der Waals surface area contributed by atoms with Gasteiger partial charge in [0.1, 0.15) is 18.2 Å². The van der Waals surface area contributed by atoms with Crippen molar-refractivity contribution in [2.45, 2.75) is 19.6 Å². The minimum absolute atomic E-state index is 0.202. The summed E-state index contributed by atoms with van der Waals surface area (Å²) in [4.78, 5) is 3.99. The maximum Gasteiger partial charge on any atom is 0.130 e. The number of hydrogen-bond acceptors (Lipinski definition) is 3. The van der Waals surface area contributed by atoms with Gasteiger partial charge < -0.3 is 15.0 Å². The average molecular weight is 249 g/mol. The Kier molecular flexibility index (Phi) is 3.62. The summed E-state index contributed by atoms with van der Waals surface area (Å²) < 4.78 is 20.7. The maximum absolute atomic E-state index is 13.2. The van der Waals surface area contributed by atoms with Crippen molar-refractivity contribution in [3.63, 3.8) is 0 Å². The minimum atomic E-state index is -0.334. The lowest BCUT2D eigenvalue weighted by molar-refractivity contribution is 0.291. The van der Waals surface area contributed by atoms with Crippen molar-refractivity contribution in [1.29, 1.82) is 0 Å². The van der Waals surface area contributed by atoms with Crippen molar-refractivity contribution in [3.05, 3.63) is 47.8 Å². The number of ether oxygens (including phenoxy) is 1. The van der Waals surface area contributed by atoms with E-state index in [0.29, 0.717) is 12.4 Å². The van der Waals surface area contributed by atoms with Crippen LogP contribution in [0.4, 0.5) is 4.39 Å². The molecule has 2 N–H and O–H groups in total. The summed E-state index contributed by atoms with van der Waals surface area (Å²) in [6.07, 6.45) is 3.40. The van der Waals surface area contributed by atoms with E-state index in [4.69, 9.17) is 10.5 Å². The molecular weight excluding hydrogens is 233 g/mol. The lowest BCUT2D eigenvalue weighted by Gasteiger charge is -2.14. The van der Waals surface area contributed by atoms with Gasteiger partial charge in [0.05, 0.1) is 18.2 Å². The van der Waals surface area contributed by atoms with Crippen LogP contribution in [0.15, 0.2) is 30.7 Å². The second-order valence-electron chi connectivity index (χ2n) is 4.26. The Morgan fingerprint density at radius 2 is 2.28 bits per heavy atom. The third-order valence-electron chi connectivity index (χ3n) is 2.76. The van der Waals surface area contributed by atoms with Gasteiger partial charge in [-0.15, -0.1) is 0 Å². The SMILES string of the molecule is C[C@@H](N)c1ccc(F)cc1OCc1cncn1C. The first-order valence-electron chi connectivity index (χ1n) is 5.71. The van der Waals surface area contributed by atoms with E-state index in [1.807, 2.05) is 18.5 Å². The summed E-state index contributed by atoms with van der Waals surface area (Å²) in [7, 11) is 1.88. The summed E-state index contributed by atoms with van der Waals surface area (Å²) in [6.45, 7) is 2.17. The van der Waals surface area contributed by atoms with Crippen LogP contribution in [0.1, 0.15) is 24.2 Å². The monoisotopic (exact) mass is 249 g/mol. The van der Waals surface area contributed by atoms with Crippen LogP contribution in [-0.2, 0) is 13.7 Å². The Hall–Kier alpha value is -1.88. The highest BCUT2D eigenvalue weighted by Gasteiger charge is 2.10. The fourth-order valence-corrected chi connectivity index (χ4v) is 1.68. The molecule has 0 bridgehead atoms. The Labute approximate surface area is 105 Å². The van der Waals surface area contributed by atoms with E-state index < -0.39 is 0 Å². The van der Waals surface area contributed by atoms with Crippen molar-refractivity contribution >= 4 is 0 Å². The highest BCUT2D eigenvalue weighted by atomic mass is 19.1. The highest BCUT2D eigenvalue weighted by Crippen LogP contribution is 2.25. The number of aryl methyl sites for hydroxylation is 1. The van der Waals surface area contributed by atoms with E-state index in [1.165, 1.54) is 12.1 Å². The summed E-state index contributed by atoms with van der Waals surface area (Å²) in [5.74, 6) is 0.144. The van der Waals surface area contributed by atoms with Gasteiger partial charge in [-0.3, -0.25) is 0 Å². The number of hydrogen-bond donors (Lipinski definition) is 1. The Morgan fingerprint density at radius 1 is 1.50 bits per heavy atom. The Bertz CT molecular complexity index is 537. The van der Waals surface area contributed by atoms with Gasteiger partial charge in [0.2, 0.25) is 0 Å². The predicted molar refractivity (Wildman–Crippen MR) is 66.5 cm³/mol. The molecule has 1 heterocycles. The van der Waals surface area contributed by atoms with Crippen molar-refractivity contribution in [1.82, 2.24) is 9.55 Å². The lowest BCUT2D eigenvalue weighted by atomic mass is 10.1. The average Bonchev–Trinajstić information content (AvgIpc) is 2.72. The number of halogens is 1. The molecule has 1 atom stereocenters. The number of nitrogens with zero attached hydrogens (tertiary/aromatic N) is 2. The molecule has 1 aromatic carbocycles. The summed E-state index contributed by atoms with van der Waals surface area (Å²) in [5, 5.41) is 0. The summed E-state index contributed by atoms with van der Waals surface area (Å²) >= 11 is 0. The van der Waals surface area contributed by atoms with Crippen molar-refractivity contribution < 1.29 is 9.13 Å². The van der Waals surface area contributed by atoms with Crippen LogP contribution in [-0.4, -0.2) is 9.55 Å². The number of rotatable bonds is 4. The molecule has 0 spiro atoms. The van der Waals surface area contributed by atoms with Crippen LogP contribution < -0.4 is 10.5 Å². The van der Waals surface area contributed by atoms with Crippen molar-refractivity contribution in [2.75, 3.05) is 0 Å². The second kappa shape index (κ2) is 5.18. The van der Waals surface area contributed by atoms with Gasteiger partial charge >= 0.3 is 0 Å². The molecular formula is C13H16FN3O. The zero-order chi connectivity index (χ0) is 13.1. The van der Waals surface area contributed by atoms with E-state index in [2.05, 4.69) is 4.98 Å². The zero-order valence-electron chi connectivity index (χ0n) is 10.4. The first kappa shape index (κ1) is 12.6. The Morgan fingerprint density at radius 3 is 2.89 bits per heavy atom. The molecule has 0 aliphatic rings. The van der Waals surface area contributed by atoms with E-state index >= 15 is 0 Å². The quantitative estimate of drug-likeness (QED) is 0.903. The molecule has 0 radical (unpaired) electrons. The van der Waals surface area contributed by atoms with E-state index in [0.717, 1.165) is 11.3 Å². The molecule has 0 fully saturated rings. The highest BCUT2D eigenvalue weighted by molar-refractivity contribution is 5.36. The second-order valence-corrected chi connectivity index (χ2v) is 4.26. The van der Waals surface area contributed by atoms with Crippen LogP contribution in [0, 0.1) is 5.82 Å². The van der Waals surface area contributed by atoms with E-state index in [-0.39, 0.29) is 11.9 Å². The van der Waals surface area contributed by atoms with Gasteiger partial charge in [-0.25, -0.2) is 9.37 Å².